The van der Waals surface area contributed by atoms with E-state index in [0.29, 0.717) is 5.69 Å². The number of rotatable bonds is 4. The molecule has 0 heterocycles. The Labute approximate surface area is 107 Å². The Morgan fingerprint density at radius 2 is 1.39 bits per heavy atom. The number of hydrogen-bond donors (Lipinski definition) is 1. The predicted molar refractivity (Wildman–Crippen MR) is 68.8 cm³/mol. The van der Waals surface area contributed by atoms with Gasteiger partial charge in [0.1, 0.15) is 0 Å². The van der Waals surface area contributed by atoms with Crippen molar-refractivity contribution < 1.29 is 16.8 Å². The molecule has 102 valence electrons. The number of anilines is 1. The van der Waals surface area contributed by atoms with E-state index >= 15 is 0 Å². The lowest BCUT2D eigenvalue weighted by Crippen LogP contribution is -2.37. The molecule has 7 nitrogen and oxygen atoms in total. The molecule has 0 aliphatic rings. The molecular formula is C9H15N3O4S2. The highest BCUT2D eigenvalue weighted by atomic mass is 32.2. The molecule has 9 heteroatoms. The van der Waals surface area contributed by atoms with Crippen molar-refractivity contribution in [3.8, 4) is 0 Å². The van der Waals surface area contributed by atoms with Crippen LogP contribution in [-0.4, -0.2) is 42.3 Å². The standard InChI is InChI=1S/C9H15N3O4S2/c1-11(2)18(15,16)12(3)8-4-6-9(7-5-8)17(10,13)14/h4-7H,1-3H3,(H2,10,13,14). The van der Waals surface area contributed by atoms with Gasteiger partial charge in [-0.1, -0.05) is 0 Å². The lowest BCUT2D eigenvalue weighted by Gasteiger charge is -2.23. The fraction of sp³-hybridized carbons (Fsp3) is 0.333. The van der Waals surface area contributed by atoms with Crippen molar-refractivity contribution >= 4 is 25.9 Å². The maximum atomic E-state index is 11.8. The molecule has 0 aliphatic carbocycles. The van der Waals surface area contributed by atoms with E-state index in [1.807, 2.05) is 0 Å². The van der Waals surface area contributed by atoms with Gasteiger partial charge in [0.15, 0.2) is 0 Å². The van der Waals surface area contributed by atoms with Gasteiger partial charge in [0, 0.05) is 21.1 Å². The van der Waals surface area contributed by atoms with Crippen LogP contribution in [-0.2, 0) is 20.2 Å². The van der Waals surface area contributed by atoms with E-state index in [-0.39, 0.29) is 4.90 Å². The number of primary sulfonamides is 1. The summed E-state index contributed by atoms with van der Waals surface area (Å²) in [6.07, 6.45) is 0. The topological polar surface area (TPSA) is 101 Å². The third kappa shape index (κ3) is 2.99. The van der Waals surface area contributed by atoms with Crippen LogP contribution in [0.15, 0.2) is 29.2 Å². The van der Waals surface area contributed by atoms with Crippen LogP contribution in [0.3, 0.4) is 0 Å². The van der Waals surface area contributed by atoms with Crippen molar-refractivity contribution in [1.29, 1.82) is 0 Å². The van der Waals surface area contributed by atoms with Crippen LogP contribution in [0.4, 0.5) is 5.69 Å². The van der Waals surface area contributed by atoms with Crippen molar-refractivity contribution in [3.05, 3.63) is 24.3 Å². The average molecular weight is 293 g/mol. The van der Waals surface area contributed by atoms with Gasteiger partial charge in [-0.05, 0) is 24.3 Å². The summed E-state index contributed by atoms with van der Waals surface area (Å²) in [6, 6.07) is 5.26. The maximum absolute atomic E-state index is 11.8. The van der Waals surface area contributed by atoms with Crippen LogP contribution in [0.25, 0.3) is 0 Å². The molecule has 0 unspecified atom stereocenters. The molecule has 0 aromatic heterocycles. The van der Waals surface area contributed by atoms with Crippen LogP contribution in [0.5, 0.6) is 0 Å². The number of hydrogen-bond acceptors (Lipinski definition) is 4. The Hall–Kier alpha value is -1.16. The summed E-state index contributed by atoms with van der Waals surface area (Å²) < 4.78 is 47.9. The largest absolute Gasteiger partial charge is 0.303 e. The van der Waals surface area contributed by atoms with Gasteiger partial charge in [0.2, 0.25) is 10.0 Å². The zero-order valence-corrected chi connectivity index (χ0v) is 11.9. The third-order valence-electron chi connectivity index (χ3n) is 2.34. The fourth-order valence-corrected chi connectivity index (χ4v) is 2.62. The van der Waals surface area contributed by atoms with Gasteiger partial charge < -0.3 is 0 Å². The smallest absolute Gasteiger partial charge is 0.261 e. The number of benzene rings is 1. The number of sulfonamides is 1. The van der Waals surface area contributed by atoms with E-state index in [9.17, 15) is 16.8 Å². The normalized spacial score (nSPS) is 12.7. The minimum Gasteiger partial charge on any atom is -0.261 e. The Kier molecular flexibility index (Phi) is 4.01. The summed E-state index contributed by atoms with van der Waals surface area (Å²) in [6.45, 7) is 0. The summed E-state index contributed by atoms with van der Waals surface area (Å²) in [5, 5.41) is 4.95. The zero-order chi connectivity index (χ0) is 14.1. The first-order chi connectivity index (χ1) is 8.06. The third-order valence-corrected chi connectivity index (χ3v) is 5.09. The second-order valence-corrected chi connectivity index (χ2v) is 7.53. The highest BCUT2D eigenvalue weighted by molar-refractivity contribution is 7.90. The van der Waals surface area contributed by atoms with E-state index in [1.54, 1.807) is 0 Å². The van der Waals surface area contributed by atoms with Crippen molar-refractivity contribution in [1.82, 2.24) is 4.31 Å². The summed E-state index contributed by atoms with van der Waals surface area (Å²) in [5.74, 6) is 0. The molecule has 0 fully saturated rings. The van der Waals surface area contributed by atoms with Crippen molar-refractivity contribution in [2.45, 2.75) is 4.90 Å². The van der Waals surface area contributed by atoms with Gasteiger partial charge >= 0.3 is 10.2 Å². The molecule has 0 bridgehead atoms. The van der Waals surface area contributed by atoms with E-state index in [2.05, 4.69) is 0 Å². The highest BCUT2D eigenvalue weighted by Crippen LogP contribution is 2.19. The Balaban J connectivity index is 3.15. The van der Waals surface area contributed by atoms with Gasteiger partial charge in [0.05, 0.1) is 10.6 Å². The Bertz CT molecular complexity index is 620. The number of nitrogens with zero attached hydrogens (tertiary/aromatic N) is 2. The fourth-order valence-electron chi connectivity index (χ4n) is 1.22. The summed E-state index contributed by atoms with van der Waals surface area (Å²) in [4.78, 5) is -0.0677. The molecule has 18 heavy (non-hydrogen) atoms. The zero-order valence-electron chi connectivity index (χ0n) is 10.2. The molecule has 2 N–H and O–H groups in total. The first-order valence-corrected chi connectivity index (χ1v) is 7.80. The maximum Gasteiger partial charge on any atom is 0.303 e. The van der Waals surface area contributed by atoms with Gasteiger partial charge in [-0.25, -0.2) is 13.6 Å². The second-order valence-electron chi connectivity index (χ2n) is 3.80. The van der Waals surface area contributed by atoms with Crippen molar-refractivity contribution in [2.24, 2.45) is 5.14 Å². The highest BCUT2D eigenvalue weighted by Gasteiger charge is 2.21. The first-order valence-electron chi connectivity index (χ1n) is 4.86. The lowest BCUT2D eigenvalue weighted by atomic mass is 10.3. The van der Waals surface area contributed by atoms with Crippen LogP contribution in [0.1, 0.15) is 0 Å². The minimum absolute atomic E-state index is 0.0677. The Morgan fingerprint density at radius 1 is 0.944 bits per heavy atom. The SMILES string of the molecule is CN(C)S(=O)(=O)N(C)c1ccc(S(N)(=O)=O)cc1. The molecule has 1 aromatic rings. The van der Waals surface area contributed by atoms with Gasteiger partial charge in [-0.15, -0.1) is 0 Å². The molecule has 0 aliphatic heterocycles. The average Bonchev–Trinajstić information content (AvgIpc) is 2.26. The van der Waals surface area contributed by atoms with E-state index in [0.717, 1.165) is 8.61 Å². The molecule has 0 spiro atoms. The molecule has 0 saturated heterocycles. The molecule has 0 radical (unpaired) electrons. The first kappa shape index (κ1) is 14.9. The molecule has 1 rings (SSSR count). The van der Waals surface area contributed by atoms with Crippen molar-refractivity contribution in [3.63, 3.8) is 0 Å². The monoisotopic (exact) mass is 293 g/mol. The van der Waals surface area contributed by atoms with Gasteiger partial charge in [0.25, 0.3) is 0 Å². The summed E-state index contributed by atoms with van der Waals surface area (Å²) in [5.41, 5.74) is 0.344. The Morgan fingerprint density at radius 3 is 1.72 bits per heavy atom. The molecule has 1 aromatic carbocycles. The van der Waals surface area contributed by atoms with Crippen LogP contribution < -0.4 is 9.44 Å². The summed E-state index contributed by atoms with van der Waals surface area (Å²) >= 11 is 0. The van der Waals surface area contributed by atoms with Crippen LogP contribution >= 0.6 is 0 Å². The molecule has 0 amide bonds. The molecule has 0 atom stereocenters. The summed E-state index contributed by atoms with van der Waals surface area (Å²) in [7, 11) is -3.18. The number of nitrogens with two attached hydrogens (primary N) is 1. The van der Waals surface area contributed by atoms with Gasteiger partial charge in [-0.2, -0.15) is 12.7 Å². The second kappa shape index (κ2) is 4.84. The lowest BCUT2D eigenvalue weighted by molar-refractivity contribution is 0.519. The molecular weight excluding hydrogens is 278 g/mol. The van der Waals surface area contributed by atoms with Crippen LogP contribution in [0, 0.1) is 0 Å². The minimum atomic E-state index is -3.78. The van der Waals surface area contributed by atoms with Gasteiger partial charge in [-0.3, -0.25) is 4.31 Å². The van der Waals surface area contributed by atoms with E-state index < -0.39 is 20.2 Å². The van der Waals surface area contributed by atoms with E-state index in [1.165, 1.54) is 45.4 Å². The quantitative estimate of drug-likeness (QED) is 0.814. The predicted octanol–water partition coefficient (Wildman–Crippen LogP) is -0.423. The molecule has 0 saturated carbocycles. The van der Waals surface area contributed by atoms with Crippen LogP contribution in [0.2, 0.25) is 0 Å². The van der Waals surface area contributed by atoms with Crippen molar-refractivity contribution in [2.75, 3.05) is 25.4 Å². The van der Waals surface area contributed by atoms with E-state index in [4.69, 9.17) is 5.14 Å².